The number of nitrogens with one attached hydrogen (secondary N) is 1. The van der Waals surface area contributed by atoms with E-state index in [1.165, 1.54) is 10.7 Å². The number of rotatable bonds is 7. The maximum atomic E-state index is 12.6. The molecule has 10 heteroatoms. The molecule has 146 valence electrons. The quantitative estimate of drug-likeness (QED) is 0.489. The number of hydrogen-bond donors (Lipinski definition) is 1. The normalized spacial score (nSPS) is 10.7. The number of amides is 1. The van der Waals surface area contributed by atoms with Gasteiger partial charge in [0.05, 0.1) is 35.6 Å². The second kappa shape index (κ2) is 7.91. The Morgan fingerprint density at radius 3 is 2.64 bits per heavy atom. The van der Waals surface area contributed by atoms with Crippen LogP contribution in [0.4, 0.5) is 11.5 Å². The standard InChI is InChI=1S/C18H19N5O5/c1-4-27-14-7-5-13(6-8-14)19-18(24)17-15(12(3)28-21-17)10-22-11(2)9-16(20-22)23(25)26/h5-9H,4,10H2,1-3H3,(H,19,24). The smallest absolute Gasteiger partial charge is 0.390 e. The summed E-state index contributed by atoms with van der Waals surface area (Å²) >= 11 is 0. The fourth-order valence-electron chi connectivity index (χ4n) is 2.64. The largest absolute Gasteiger partial charge is 0.494 e. The summed E-state index contributed by atoms with van der Waals surface area (Å²) in [5.41, 5.74) is 1.77. The van der Waals surface area contributed by atoms with E-state index < -0.39 is 10.8 Å². The molecule has 2 heterocycles. The Morgan fingerprint density at radius 2 is 2.04 bits per heavy atom. The van der Waals surface area contributed by atoms with Crippen molar-refractivity contribution in [2.45, 2.75) is 27.3 Å². The van der Waals surface area contributed by atoms with Gasteiger partial charge in [0.1, 0.15) is 11.5 Å². The van der Waals surface area contributed by atoms with Crippen LogP contribution < -0.4 is 10.1 Å². The van der Waals surface area contributed by atoms with E-state index in [2.05, 4.69) is 15.6 Å². The van der Waals surface area contributed by atoms with E-state index in [0.29, 0.717) is 35.1 Å². The number of hydrogen-bond acceptors (Lipinski definition) is 7. The summed E-state index contributed by atoms with van der Waals surface area (Å²) in [5, 5.41) is 21.4. The molecule has 0 aliphatic rings. The van der Waals surface area contributed by atoms with Gasteiger partial charge in [0, 0.05) is 5.69 Å². The van der Waals surface area contributed by atoms with Crippen molar-refractivity contribution in [2.75, 3.05) is 11.9 Å². The Labute approximate surface area is 160 Å². The zero-order valence-electron chi connectivity index (χ0n) is 15.6. The number of nitrogens with zero attached hydrogens (tertiary/aromatic N) is 4. The Bertz CT molecular complexity index is 1010. The SMILES string of the molecule is CCOc1ccc(NC(=O)c2noc(C)c2Cn2nc([N+](=O)[O-])cc2C)cc1. The Kier molecular flexibility index (Phi) is 5.39. The lowest BCUT2D eigenvalue weighted by molar-refractivity contribution is -0.389. The van der Waals surface area contributed by atoms with E-state index in [4.69, 9.17) is 9.26 Å². The molecule has 0 aliphatic carbocycles. The van der Waals surface area contributed by atoms with Gasteiger partial charge < -0.3 is 24.7 Å². The van der Waals surface area contributed by atoms with Crippen LogP contribution in [0.15, 0.2) is 34.9 Å². The van der Waals surface area contributed by atoms with Gasteiger partial charge in [-0.2, -0.15) is 4.68 Å². The zero-order valence-corrected chi connectivity index (χ0v) is 15.6. The highest BCUT2D eigenvalue weighted by Crippen LogP contribution is 2.21. The van der Waals surface area contributed by atoms with Gasteiger partial charge in [-0.3, -0.25) is 4.79 Å². The van der Waals surface area contributed by atoms with Gasteiger partial charge in [-0.15, -0.1) is 0 Å². The summed E-state index contributed by atoms with van der Waals surface area (Å²) in [6.07, 6.45) is 0. The number of aryl methyl sites for hydroxylation is 2. The van der Waals surface area contributed by atoms with Crippen LogP contribution in [0.3, 0.4) is 0 Å². The van der Waals surface area contributed by atoms with Crippen molar-refractivity contribution in [3.8, 4) is 5.75 Å². The lowest BCUT2D eigenvalue weighted by Gasteiger charge is -2.07. The molecular formula is C18H19N5O5. The molecule has 3 rings (SSSR count). The van der Waals surface area contributed by atoms with Gasteiger partial charge in [-0.05, 0) is 50.0 Å². The maximum absolute atomic E-state index is 12.6. The second-order valence-corrected chi connectivity index (χ2v) is 6.04. The van der Waals surface area contributed by atoms with Crippen LogP contribution in [0.1, 0.15) is 34.4 Å². The molecule has 0 saturated carbocycles. The van der Waals surface area contributed by atoms with Gasteiger partial charge in [-0.1, -0.05) is 5.16 Å². The molecule has 0 aliphatic heterocycles. The van der Waals surface area contributed by atoms with Crippen LogP contribution in [0.25, 0.3) is 0 Å². The third-order valence-electron chi connectivity index (χ3n) is 4.09. The van der Waals surface area contributed by atoms with Gasteiger partial charge in [0.15, 0.2) is 5.69 Å². The number of carbonyl (C=O) groups excluding carboxylic acids is 1. The highest BCUT2D eigenvalue weighted by atomic mass is 16.6. The van der Waals surface area contributed by atoms with E-state index in [0.717, 1.165) is 0 Å². The molecule has 1 N–H and O–H groups in total. The lowest BCUT2D eigenvalue weighted by Crippen LogP contribution is -2.16. The molecule has 0 spiro atoms. The predicted octanol–water partition coefficient (Wildman–Crippen LogP) is 3.10. The van der Waals surface area contributed by atoms with Gasteiger partial charge >= 0.3 is 5.82 Å². The third-order valence-corrected chi connectivity index (χ3v) is 4.09. The second-order valence-electron chi connectivity index (χ2n) is 6.04. The Balaban J connectivity index is 1.80. The average molecular weight is 385 g/mol. The minimum atomic E-state index is -0.566. The fraction of sp³-hybridized carbons (Fsp3) is 0.278. The number of anilines is 1. The van der Waals surface area contributed by atoms with Crippen LogP contribution in [0.5, 0.6) is 5.75 Å². The first-order chi connectivity index (χ1) is 13.4. The highest BCUT2D eigenvalue weighted by Gasteiger charge is 2.23. The first kappa shape index (κ1) is 19.1. The molecule has 3 aromatic rings. The number of nitro groups is 1. The molecule has 10 nitrogen and oxygen atoms in total. The van der Waals surface area contributed by atoms with Crippen molar-refractivity contribution in [3.05, 3.63) is 63.2 Å². The van der Waals surface area contributed by atoms with Gasteiger partial charge in [-0.25, -0.2) is 0 Å². The highest BCUT2D eigenvalue weighted by molar-refractivity contribution is 6.03. The first-order valence-electron chi connectivity index (χ1n) is 8.57. The summed E-state index contributed by atoms with van der Waals surface area (Å²) in [6.45, 7) is 5.94. The average Bonchev–Trinajstić information content (AvgIpc) is 3.21. The van der Waals surface area contributed by atoms with Crippen LogP contribution in [-0.4, -0.2) is 32.4 Å². The first-order valence-corrected chi connectivity index (χ1v) is 8.57. The van der Waals surface area contributed by atoms with Crippen LogP contribution in [0, 0.1) is 24.0 Å². The zero-order chi connectivity index (χ0) is 20.3. The molecular weight excluding hydrogens is 366 g/mol. The summed E-state index contributed by atoms with van der Waals surface area (Å²) in [6, 6.07) is 8.30. The van der Waals surface area contributed by atoms with Crippen molar-refractivity contribution >= 4 is 17.4 Å². The molecule has 2 aromatic heterocycles. The van der Waals surface area contributed by atoms with Crippen LogP contribution >= 0.6 is 0 Å². The van der Waals surface area contributed by atoms with E-state index in [9.17, 15) is 14.9 Å². The van der Waals surface area contributed by atoms with E-state index in [1.54, 1.807) is 38.1 Å². The minimum absolute atomic E-state index is 0.101. The summed E-state index contributed by atoms with van der Waals surface area (Å²) < 4.78 is 12.0. The number of carbonyl (C=O) groups is 1. The number of ether oxygens (including phenoxy) is 1. The maximum Gasteiger partial charge on any atom is 0.390 e. The summed E-state index contributed by atoms with van der Waals surface area (Å²) in [7, 11) is 0. The molecule has 28 heavy (non-hydrogen) atoms. The Morgan fingerprint density at radius 1 is 1.32 bits per heavy atom. The predicted molar refractivity (Wildman–Crippen MR) is 99.5 cm³/mol. The van der Waals surface area contributed by atoms with Crippen molar-refractivity contribution in [1.29, 1.82) is 0 Å². The third kappa shape index (κ3) is 4.00. The Hall–Kier alpha value is -3.69. The molecule has 0 fully saturated rings. The van der Waals surface area contributed by atoms with Gasteiger partial charge in [0.2, 0.25) is 0 Å². The molecule has 0 bridgehead atoms. The monoisotopic (exact) mass is 385 g/mol. The van der Waals surface area contributed by atoms with Crippen molar-refractivity contribution in [2.24, 2.45) is 0 Å². The lowest BCUT2D eigenvalue weighted by atomic mass is 10.1. The van der Waals surface area contributed by atoms with E-state index in [1.807, 2.05) is 6.92 Å². The summed E-state index contributed by atoms with van der Waals surface area (Å²) in [4.78, 5) is 23.0. The fourth-order valence-corrected chi connectivity index (χ4v) is 2.64. The van der Waals surface area contributed by atoms with E-state index in [-0.39, 0.29) is 18.1 Å². The van der Waals surface area contributed by atoms with Crippen LogP contribution in [-0.2, 0) is 6.54 Å². The van der Waals surface area contributed by atoms with Crippen molar-refractivity contribution < 1.29 is 19.0 Å². The molecule has 1 amide bonds. The molecule has 0 atom stereocenters. The molecule has 0 unspecified atom stereocenters. The molecule has 0 saturated heterocycles. The van der Waals surface area contributed by atoms with Gasteiger partial charge in [0.25, 0.3) is 5.91 Å². The summed E-state index contributed by atoms with van der Waals surface area (Å²) in [5.74, 6) is 0.436. The molecule has 1 aromatic carbocycles. The molecule has 0 radical (unpaired) electrons. The minimum Gasteiger partial charge on any atom is -0.494 e. The van der Waals surface area contributed by atoms with E-state index >= 15 is 0 Å². The number of aromatic nitrogens is 3. The number of benzene rings is 1. The topological polar surface area (TPSA) is 125 Å². The van der Waals surface area contributed by atoms with Crippen molar-refractivity contribution in [3.63, 3.8) is 0 Å². The van der Waals surface area contributed by atoms with Crippen LogP contribution in [0.2, 0.25) is 0 Å². The van der Waals surface area contributed by atoms with Crippen molar-refractivity contribution in [1.82, 2.24) is 14.9 Å².